The van der Waals surface area contributed by atoms with E-state index in [2.05, 4.69) is 34.1 Å². The van der Waals surface area contributed by atoms with Gasteiger partial charge in [0.25, 0.3) is 5.56 Å². The van der Waals surface area contributed by atoms with Gasteiger partial charge in [0.2, 0.25) is 0 Å². The highest BCUT2D eigenvalue weighted by Crippen LogP contribution is 2.32. The topological polar surface area (TPSA) is 106 Å². The van der Waals surface area contributed by atoms with Gasteiger partial charge in [-0.3, -0.25) is 13.9 Å². The molecule has 0 amide bonds. The predicted molar refractivity (Wildman–Crippen MR) is 149 cm³/mol. The van der Waals surface area contributed by atoms with E-state index in [1.807, 2.05) is 30.3 Å². The highest BCUT2D eigenvalue weighted by atomic mass is 16.5. The Kier molecular flexibility index (Phi) is 8.03. The SMILES string of the molecule is COc1cc(OC)cc(N(CCNC(C)C)c2ccc3ncc(-c4cnn(CC(C)(C)O)c4)c(=O)n3c2)c1. The Morgan fingerprint density at radius 2 is 1.76 bits per heavy atom. The molecule has 4 aromatic rings. The Morgan fingerprint density at radius 3 is 2.39 bits per heavy atom. The maximum Gasteiger partial charge on any atom is 0.265 e. The van der Waals surface area contributed by atoms with Crippen molar-refractivity contribution in [2.24, 2.45) is 0 Å². The smallest absolute Gasteiger partial charge is 0.265 e. The van der Waals surface area contributed by atoms with E-state index in [0.29, 0.717) is 47.4 Å². The molecule has 0 unspecified atom stereocenters. The molecule has 0 aliphatic carbocycles. The van der Waals surface area contributed by atoms with E-state index in [4.69, 9.17) is 9.47 Å². The van der Waals surface area contributed by atoms with E-state index in [1.165, 1.54) is 0 Å². The molecule has 3 aromatic heterocycles. The normalized spacial score (nSPS) is 11.8. The number of hydrogen-bond acceptors (Lipinski definition) is 8. The summed E-state index contributed by atoms with van der Waals surface area (Å²) in [6, 6.07) is 9.82. The first kappa shape index (κ1) is 27.2. The Morgan fingerprint density at radius 1 is 1.05 bits per heavy atom. The fraction of sp³-hybridized carbons (Fsp3) is 0.393. The summed E-state index contributed by atoms with van der Waals surface area (Å²) in [5.41, 5.74) is 2.16. The lowest BCUT2D eigenvalue weighted by Crippen LogP contribution is -2.33. The van der Waals surface area contributed by atoms with Crippen LogP contribution in [0.1, 0.15) is 27.7 Å². The van der Waals surface area contributed by atoms with Crippen LogP contribution in [0.4, 0.5) is 11.4 Å². The minimum absolute atomic E-state index is 0.205. The molecule has 202 valence electrons. The molecule has 1 aromatic carbocycles. The van der Waals surface area contributed by atoms with Crippen LogP contribution in [0.3, 0.4) is 0 Å². The monoisotopic (exact) mass is 520 g/mol. The third-order valence-electron chi connectivity index (χ3n) is 6.03. The van der Waals surface area contributed by atoms with Gasteiger partial charge < -0.3 is 24.8 Å². The zero-order valence-corrected chi connectivity index (χ0v) is 22.8. The Balaban J connectivity index is 1.77. The fourth-order valence-corrected chi connectivity index (χ4v) is 4.23. The third-order valence-corrected chi connectivity index (χ3v) is 6.03. The van der Waals surface area contributed by atoms with Crippen molar-refractivity contribution in [3.63, 3.8) is 0 Å². The maximum absolute atomic E-state index is 13.6. The zero-order valence-electron chi connectivity index (χ0n) is 22.8. The second-order valence-electron chi connectivity index (χ2n) is 10.2. The van der Waals surface area contributed by atoms with Gasteiger partial charge in [0, 0.05) is 67.2 Å². The minimum atomic E-state index is -0.925. The van der Waals surface area contributed by atoms with Gasteiger partial charge in [-0.25, -0.2) is 4.98 Å². The number of nitrogens with zero attached hydrogens (tertiary/aromatic N) is 5. The van der Waals surface area contributed by atoms with Crippen molar-refractivity contribution in [2.45, 2.75) is 45.9 Å². The van der Waals surface area contributed by atoms with Crippen LogP contribution in [0.25, 0.3) is 16.8 Å². The summed E-state index contributed by atoms with van der Waals surface area (Å²) in [6.45, 7) is 9.30. The number of anilines is 2. The molecule has 0 saturated carbocycles. The van der Waals surface area contributed by atoms with Crippen LogP contribution in [-0.2, 0) is 6.54 Å². The van der Waals surface area contributed by atoms with Crippen molar-refractivity contribution < 1.29 is 14.6 Å². The van der Waals surface area contributed by atoms with Gasteiger partial charge in [0.1, 0.15) is 17.1 Å². The van der Waals surface area contributed by atoms with Crippen molar-refractivity contribution >= 4 is 17.0 Å². The number of benzene rings is 1. The lowest BCUT2D eigenvalue weighted by molar-refractivity contribution is 0.0577. The standard InChI is InChI=1S/C28H36N6O4/c1-19(2)29-9-10-33(22-11-23(37-5)13-24(12-22)38-6)21-7-8-26-30-15-25(27(35)34(26)17-21)20-14-31-32(16-20)18-28(3,4)36/h7-8,11-17,19,29,36H,9-10,18H2,1-6H3. The number of aromatic nitrogens is 4. The molecule has 38 heavy (non-hydrogen) atoms. The molecular formula is C28H36N6O4. The van der Waals surface area contributed by atoms with Crippen LogP contribution in [0.5, 0.6) is 11.5 Å². The third kappa shape index (κ3) is 6.32. The van der Waals surface area contributed by atoms with Crippen LogP contribution in [-0.4, -0.2) is 63.2 Å². The molecule has 0 bridgehead atoms. The number of ether oxygens (including phenoxy) is 2. The highest BCUT2D eigenvalue weighted by molar-refractivity contribution is 5.68. The molecule has 0 aliphatic rings. The first-order valence-electron chi connectivity index (χ1n) is 12.6. The van der Waals surface area contributed by atoms with Crippen molar-refractivity contribution in [1.82, 2.24) is 24.5 Å². The van der Waals surface area contributed by atoms with E-state index in [-0.39, 0.29) is 5.56 Å². The van der Waals surface area contributed by atoms with Crippen molar-refractivity contribution in [3.05, 3.63) is 65.5 Å². The second-order valence-corrected chi connectivity index (χ2v) is 10.2. The number of fused-ring (bicyclic) bond motifs is 1. The number of nitrogens with one attached hydrogen (secondary N) is 1. The van der Waals surface area contributed by atoms with E-state index >= 15 is 0 Å². The van der Waals surface area contributed by atoms with Crippen LogP contribution in [0, 0.1) is 0 Å². The summed E-state index contributed by atoms with van der Waals surface area (Å²) in [6.07, 6.45) is 6.74. The molecule has 10 nitrogen and oxygen atoms in total. The van der Waals surface area contributed by atoms with Gasteiger partial charge in [-0.15, -0.1) is 0 Å². The molecular weight excluding hydrogens is 484 g/mol. The molecule has 3 heterocycles. The summed E-state index contributed by atoms with van der Waals surface area (Å²) in [5.74, 6) is 1.34. The zero-order chi connectivity index (χ0) is 27.4. The average Bonchev–Trinajstić information content (AvgIpc) is 3.32. The molecule has 0 saturated heterocycles. The second kappa shape index (κ2) is 11.2. The average molecular weight is 521 g/mol. The Hall–Kier alpha value is -3.89. The first-order chi connectivity index (χ1) is 18.1. The van der Waals surface area contributed by atoms with Crippen molar-refractivity contribution in [3.8, 4) is 22.6 Å². The number of pyridine rings is 1. The van der Waals surface area contributed by atoms with Crippen molar-refractivity contribution in [2.75, 3.05) is 32.2 Å². The van der Waals surface area contributed by atoms with Crippen LogP contribution in [0.15, 0.2) is 59.9 Å². The van der Waals surface area contributed by atoms with E-state index in [9.17, 15) is 9.90 Å². The summed E-state index contributed by atoms with van der Waals surface area (Å²) in [7, 11) is 3.24. The van der Waals surface area contributed by atoms with E-state index in [1.54, 1.807) is 61.9 Å². The maximum atomic E-state index is 13.6. The predicted octanol–water partition coefficient (Wildman–Crippen LogP) is 3.48. The van der Waals surface area contributed by atoms with Gasteiger partial charge in [0.15, 0.2) is 0 Å². The summed E-state index contributed by atoms with van der Waals surface area (Å²) < 4.78 is 14.2. The number of aliphatic hydroxyl groups is 1. The minimum Gasteiger partial charge on any atom is -0.497 e. The number of hydrogen-bond donors (Lipinski definition) is 2. The van der Waals surface area contributed by atoms with Crippen LogP contribution in [0.2, 0.25) is 0 Å². The van der Waals surface area contributed by atoms with E-state index in [0.717, 1.165) is 17.9 Å². The van der Waals surface area contributed by atoms with Gasteiger partial charge >= 0.3 is 0 Å². The van der Waals surface area contributed by atoms with Gasteiger partial charge in [-0.1, -0.05) is 13.8 Å². The summed E-state index contributed by atoms with van der Waals surface area (Å²) >= 11 is 0. The number of rotatable bonds is 11. The molecule has 0 atom stereocenters. The molecule has 2 N–H and O–H groups in total. The Bertz CT molecular complexity index is 1430. The fourth-order valence-electron chi connectivity index (χ4n) is 4.23. The highest BCUT2D eigenvalue weighted by Gasteiger charge is 2.17. The van der Waals surface area contributed by atoms with Gasteiger partial charge in [-0.05, 0) is 26.0 Å². The summed E-state index contributed by atoms with van der Waals surface area (Å²) in [5, 5.41) is 17.9. The first-order valence-corrected chi connectivity index (χ1v) is 12.6. The number of methoxy groups -OCH3 is 2. The van der Waals surface area contributed by atoms with Crippen molar-refractivity contribution in [1.29, 1.82) is 0 Å². The van der Waals surface area contributed by atoms with Crippen LogP contribution >= 0.6 is 0 Å². The van der Waals surface area contributed by atoms with E-state index < -0.39 is 5.60 Å². The quantitative estimate of drug-likeness (QED) is 0.310. The van der Waals surface area contributed by atoms with Gasteiger partial charge in [0.05, 0.1) is 43.8 Å². The molecule has 0 aliphatic heterocycles. The largest absolute Gasteiger partial charge is 0.497 e. The lowest BCUT2D eigenvalue weighted by Gasteiger charge is -2.27. The molecule has 0 radical (unpaired) electrons. The molecule has 0 fully saturated rings. The van der Waals surface area contributed by atoms with Gasteiger partial charge in [-0.2, -0.15) is 5.10 Å². The van der Waals surface area contributed by atoms with Crippen LogP contribution < -0.4 is 25.2 Å². The lowest BCUT2D eigenvalue weighted by atomic mass is 10.1. The molecule has 10 heteroatoms. The Labute approximate surface area is 222 Å². The molecule has 0 spiro atoms. The molecule has 4 rings (SSSR count). The summed E-state index contributed by atoms with van der Waals surface area (Å²) in [4.78, 5) is 20.2.